The SMILES string of the molecule is CCCCC(C)CC(C)C(O)=C1C(=O)NC(C(O)c2ccccc2)C1=O. The van der Waals surface area contributed by atoms with Crippen LogP contribution < -0.4 is 5.32 Å². The molecule has 0 aliphatic carbocycles. The van der Waals surface area contributed by atoms with Gasteiger partial charge in [0.15, 0.2) is 5.78 Å². The van der Waals surface area contributed by atoms with Gasteiger partial charge in [-0.15, -0.1) is 0 Å². The number of hydrogen-bond donors (Lipinski definition) is 3. The van der Waals surface area contributed by atoms with E-state index < -0.39 is 23.8 Å². The fourth-order valence-electron chi connectivity index (χ4n) is 3.49. The molecule has 1 aliphatic heterocycles. The molecule has 142 valence electrons. The Kier molecular flexibility index (Phi) is 6.98. The third kappa shape index (κ3) is 4.52. The third-order valence-electron chi connectivity index (χ3n) is 5.03. The molecule has 4 atom stereocenters. The Morgan fingerprint density at radius 2 is 1.85 bits per heavy atom. The van der Waals surface area contributed by atoms with Crippen LogP contribution in [0, 0.1) is 11.8 Å². The highest BCUT2D eigenvalue weighted by Crippen LogP contribution is 2.29. The number of amides is 1. The van der Waals surface area contributed by atoms with Crippen LogP contribution in [-0.2, 0) is 9.59 Å². The number of carbonyl (C=O) groups excluding carboxylic acids is 2. The Hall–Kier alpha value is -2.14. The van der Waals surface area contributed by atoms with Gasteiger partial charge in [0.1, 0.15) is 23.5 Å². The highest BCUT2D eigenvalue weighted by Gasteiger charge is 2.43. The van der Waals surface area contributed by atoms with Gasteiger partial charge in [-0.3, -0.25) is 9.59 Å². The second-order valence-corrected chi connectivity index (χ2v) is 7.32. The molecule has 26 heavy (non-hydrogen) atoms. The van der Waals surface area contributed by atoms with E-state index in [0.29, 0.717) is 17.9 Å². The first-order valence-corrected chi connectivity index (χ1v) is 9.38. The van der Waals surface area contributed by atoms with Gasteiger partial charge in [-0.1, -0.05) is 70.4 Å². The quantitative estimate of drug-likeness (QED) is 0.377. The van der Waals surface area contributed by atoms with E-state index in [1.54, 1.807) is 24.3 Å². The molecule has 0 spiro atoms. The summed E-state index contributed by atoms with van der Waals surface area (Å²) in [5, 5.41) is 23.5. The normalized spacial score (nSPS) is 22.7. The molecule has 4 unspecified atom stereocenters. The molecule has 1 aromatic carbocycles. The van der Waals surface area contributed by atoms with Gasteiger partial charge in [-0.25, -0.2) is 0 Å². The van der Waals surface area contributed by atoms with E-state index in [-0.39, 0.29) is 17.3 Å². The molecule has 0 saturated carbocycles. The van der Waals surface area contributed by atoms with Crippen LogP contribution in [0.5, 0.6) is 0 Å². The molecule has 1 fully saturated rings. The topological polar surface area (TPSA) is 86.6 Å². The maximum Gasteiger partial charge on any atom is 0.259 e. The average molecular weight is 359 g/mol. The number of aliphatic hydroxyl groups is 2. The summed E-state index contributed by atoms with van der Waals surface area (Å²) in [5.41, 5.74) is 0.341. The predicted octanol–water partition coefficient (Wildman–Crippen LogP) is 3.45. The summed E-state index contributed by atoms with van der Waals surface area (Å²) in [6, 6.07) is 7.66. The smallest absolute Gasteiger partial charge is 0.259 e. The number of ketones is 1. The zero-order valence-corrected chi connectivity index (χ0v) is 15.7. The fraction of sp³-hybridized carbons (Fsp3) is 0.524. The van der Waals surface area contributed by atoms with Gasteiger partial charge in [0.2, 0.25) is 0 Å². The lowest BCUT2D eigenvalue weighted by molar-refractivity contribution is -0.118. The van der Waals surface area contributed by atoms with E-state index in [1.165, 1.54) is 0 Å². The lowest BCUT2D eigenvalue weighted by Crippen LogP contribution is -2.35. The number of hydrogen-bond acceptors (Lipinski definition) is 4. The maximum atomic E-state index is 12.7. The van der Waals surface area contributed by atoms with Crippen LogP contribution in [0.25, 0.3) is 0 Å². The second kappa shape index (κ2) is 8.99. The first kappa shape index (κ1) is 20.2. The Bertz CT molecular complexity index is 668. The largest absolute Gasteiger partial charge is 0.511 e. The number of allylic oxidation sites excluding steroid dienone is 1. The molecule has 2 rings (SSSR count). The molecule has 0 aromatic heterocycles. The molecule has 1 heterocycles. The van der Waals surface area contributed by atoms with Crippen LogP contribution in [0.15, 0.2) is 41.7 Å². The first-order valence-electron chi connectivity index (χ1n) is 9.38. The highest BCUT2D eigenvalue weighted by atomic mass is 16.3. The van der Waals surface area contributed by atoms with Gasteiger partial charge in [-0.2, -0.15) is 0 Å². The highest BCUT2D eigenvalue weighted by molar-refractivity contribution is 6.27. The van der Waals surface area contributed by atoms with E-state index in [4.69, 9.17) is 0 Å². The van der Waals surface area contributed by atoms with Gasteiger partial charge in [-0.05, 0) is 17.9 Å². The third-order valence-corrected chi connectivity index (χ3v) is 5.03. The minimum atomic E-state index is -1.14. The fourth-order valence-corrected chi connectivity index (χ4v) is 3.49. The van der Waals surface area contributed by atoms with Gasteiger partial charge in [0, 0.05) is 5.92 Å². The van der Waals surface area contributed by atoms with Crippen LogP contribution in [0.4, 0.5) is 0 Å². The number of nitrogens with one attached hydrogen (secondary N) is 1. The predicted molar refractivity (Wildman–Crippen MR) is 100 cm³/mol. The standard InChI is InChI=1S/C21H29NO4/c1-4-5-9-13(2)12-14(3)18(23)16-20(25)17(22-21(16)26)19(24)15-10-7-6-8-11-15/h6-8,10-11,13-14,17,19,23-24H,4-5,9,12H2,1-3H3,(H,22,26). The maximum absolute atomic E-state index is 12.7. The lowest BCUT2D eigenvalue weighted by atomic mass is 9.89. The zero-order valence-electron chi connectivity index (χ0n) is 15.7. The van der Waals surface area contributed by atoms with E-state index in [2.05, 4.69) is 19.2 Å². The summed E-state index contributed by atoms with van der Waals surface area (Å²) in [7, 11) is 0. The minimum absolute atomic E-state index is 0.168. The molecule has 1 aromatic rings. The van der Waals surface area contributed by atoms with Crippen LogP contribution in [-0.4, -0.2) is 27.9 Å². The average Bonchev–Trinajstić information content (AvgIpc) is 2.93. The molecule has 0 radical (unpaired) electrons. The van der Waals surface area contributed by atoms with Crippen molar-refractivity contribution in [3.05, 3.63) is 47.2 Å². The second-order valence-electron chi connectivity index (χ2n) is 7.32. The van der Waals surface area contributed by atoms with Gasteiger partial charge >= 0.3 is 0 Å². The number of rotatable bonds is 8. The Labute approximate surface area is 155 Å². The van der Waals surface area contributed by atoms with Crippen molar-refractivity contribution in [3.8, 4) is 0 Å². The van der Waals surface area contributed by atoms with Crippen LogP contribution in [0.3, 0.4) is 0 Å². The summed E-state index contributed by atoms with van der Waals surface area (Å²) in [6.45, 7) is 6.07. The summed E-state index contributed by atoms with van der Waals surface area (Å²) in [5.74, 6) is -1.20. The van der Waals surface area contributed by atoms with Crippen molar-refractivity contribution in [2.45, 2.75) is 58.6 Å². The summed E-state index contributed by atoms with van der Waals surface area (Å²) in [4.78, 5) is 24.9. The number of aliphatic hydroxyl groups excluding tert-OH is 2. The zero-order chi connectivity index (χ0) is 19.3. The van der Waals surface area contributed by atoms with E-state index >= 15 is 0 Å². The monoisotopic (exact) mass is 359 g/mol. The number of Topliss-reactive ketones (excluding diaryl/α,β-unsaturated/α-hetero) is 1. The van der Waals surface area contributed by atoms with Crippen LogP contribution >= 0.6 is 0 Å². The number of benzene rings is 1. The number of unbranched alkanes of at least 4 members (excludes halogenated alkanes) is 1. The molecule has 3 N–H and O–H groups in total. The van der Waals surface area contributed by atoms with Gasteiger partial charge in [0.05, 0.1) is 0 Å². The Balaban J connectivity index is 2.14. The van der Waals surface area contributed by atoms with Crippen molar-refractivity contribution in [2.24, 2.45) is 11.8 Å². The van der Waals surface area contributed by atoms with Gasteiger partial charge in [0.25, 0.3) is 5.91 Å². The molecule has 5 nitrogen and oxygen atoms in total. The molecule has 1 amide bonds. The van der Waals surface area contributed by atoms with Crippen molar-refractivity contribution in [3.63, 3.8) is 0 Å². The van der Waals surface area contributed by atoms with Gasteiger partial charge < -0.3 is 15.5 Å². The molecule has 0 bridgehead atoms. The van der Waals surface area contributed by atoms with E-state index in [9.17, 15) is 19.8 Å². The van der Waals surface area contributed by atoms with Crippen molar-refractivity contribution in [1.29, 1.82) is 0 Å². The summed E-state index contributed by atoms with van der Waals surface area (Å²) < 4.78 is 0. The van der Waals surface area contributed by atoms with Crippen molar-refractivity contribution < 1.29 is 19.8 Å². The number of carbonyl (C=O) groups is 2. The summed E-state index contributed by atoms with van der Waals surface area (Å²) in [6.07, 6.45) is 2.86. The van der Waals surface area contributed by atoms with E-state index in [1.807, 2.05) is 13.0 Å². The molecule has 5 heteroatoms. The van der Waals surface area contributed by atoms with Crippen LogP contribution in [0.2, 0.25) is 0 Å². The molecular weight excluding hydrogens is 330 g/mol. The molecule has 1 saturated heterocycles. The van der Waals surface area contributed by atoms with Crippen molar-refractivity contribution in [1.82, 2.24) is 5.32 Å². The Morgan fingerprint density at radius 3 is 2.46 bits per heavy atom. The summed E-state index contributed by atoms with van der Waals surface area (Å²) >= 11 is 0. The minimum Gasteiger partial charge on any atom is -0.511 e. The van der Waals surface area contributed by atoms with Crippen molar-refractivity contribution in [2.75, 3.05) is 0 Å². The molecular formula is C21H29NO4. The molecule has 1 aliphatic rings. The first-order chi connectivity index (χ1) is 12.4. The van der Waals surface area contributed by atoms with Crippen molar-refractivity contribution >= 4 is 11.7 Å². The van der Waals surface area contributed by atoms with E-state index in [0.717, 1.165) is 19.3 Å². The lowest BCUT2D eigenvalue weighted by Gasteiger charge is -2.18. The van der Waals surface area contributed by atoms with Crippen LogP contribution in [0.1, 0.15) is 58.1 Å². The Morgan fingerprint density at radius 1 is 1.19 bits per heavy atom.